The Morgan fingerprint density at radius 3 is 2.00 bits per heavy atom. The van der Waals surface area contributed by atoms with E-state index in [-0.39, 0.29) is 22.9 Å². The van der Waals surface area contributed by atoms with Crippen LogP contribution in [-0.2, 0) is 24.7 Å². The van der Waals surface area contributed by atoms with Gasteiger partial charge < -0.3 is 5.32 Å². The SMILES string of the molecule is CC(=O)Nc1ccc(S(=O)(=O)N2C3CCC2CC(S(C)(=O)=O)C3)cc1. The molecule has 0 spiro atoms. The highest BCUT2D eigenvalue weighted by Crippen LogP contribution is 2.41. The average Bonchev–Trinajstić information content (AvgIpc) is 2.78. The molecule has 9 heteroatoms. The first-order chi connectivity index (χ1) is 11.6. The van der Waals surface area contributed by atoms with Gasteiger partial charge in [0.2, 0.25) is 15.9 Å². The Morgan fingerprint density at radius 1 is 1.04 bits per heavy atom. The molecule has 1 N–H and O–H groups in total. The summed E-state index contributed by atoms with van der Waals surface area (Å²) in [4.78, 5) is 11.2. The van der Waals surface area contributed by atoms with E-state index in [1.165, 1.54) is 29.6 Å². The van der Waals surface area contributed by atoms with Crippen molar-refractivity contribution >= 4 is 31.5 Å². The minimum atomic E-state index is -3.69. The summed E-state index contributed by atoms with van der Waals surface area (Å²) in [6, 6.07) is 5.53. The Hall–Kier alpha value is -1.45. The van der Waals surface area contributed by atoms with Gasteiger partial charge in [0.05, 0.1) is 10.1 Å². The molecule has 0 aromatic heterocycles. The third-order valence-corrected chi connectivity index (χ3v) is 8.59. The Labute approximate surface area is 148 Å². The summed E-state index contributed by atoms with van der Waals surface area (Å²) in [5.74, 6) is -0.225. The number of nitrogens with one attached hydrogen (secondary N) is 1. The van der Waals surface area contributed by atoms with Crippen molar-refractivity contribution in [3.05, 3.63) is 24.3 Å². The number of fused-ring (bicyclic) bond motifs is 2. The van der Waals surface area contributed by atoms with Crippen LogP contribution in [0.25, 0.3) is 0 Å². The lowest BCUT2D eigenvalue weighted by Gasteiger charge is -2.37. The molecule has 2 bridgehead atoms. The van der Waals surface area contributed by atoms with Gasteiger partial charge in [-0.15, -0.1) is 0 Å². The summed E-state index contributed by atoms with van der Waals surface area (Å²) < 4.78 is 51.3. The lowest BCUT2D eigenvalue weighted by atomic mass is 10.1. The lowest BCUT2D eigenvalue weighted by Crippen LogP contribution is -2.49. The maximum atomic E-state index is 13.0. The maximum Gasteiger partial charge on any atom is 0.243 e. The monoisotopic (exact) mass is 386 g/mol. The molecule has 0 saturated carbocycles. The van der Waals surface area contributed by atoms with Crippen LogP contribution in [0.1, 0.15) is 32.6 Å². The van der Waals surface area contributed by atoms with Crippen LogP contribution in [0.3, 0.4) is 0 Å². The minimum absolute atomic E-state index is 0.163. The number of anilines is 1. The summed E-state index contributed by atoms with van der Waals surface area (Å²) in [6.45, 7) is 1.38. The molecule has 25 heavy (non-hydrogen) atoms. The largest absolute Gasteiger partial charge is 0.326 e. The van der Waals surface area contributed by atoms with Crippen molar-refractivity contribution in [2.24, 2.45) is 0 Å². The molecular formula is C16H22N2O5S2. The second-order valence-electron chi connectivity index (χ2n) is 6.85. The molecular weight excluding hydrogens is 364 g/mol. The topological polar surface area (TPSA) is 101 Å². The standard InChI is InChI=1S/C16H22N2O5S2/c1-11(19)17-12-3-7-15(8-4-12)25(22,23)18-13-5-6-14(18)10-16(9-13)24(2,20)21/h3-4,7-8,13-14,16H,5-6,9-10H2,1-2H3,(H,17,19). The third kappa shape index (κ3) is 3.58. The Morgan fingerprint density at radius 2 is 1.56 bits per heavy atom. The minimum Gasteiger partial charge on any atom is -0.326 e. The van der Waals surface area contributed by atoms with Crippen LogP contribution in [-0.4, -0.2) is 50.6 Å². The quantitative estimate of drug-likeness (QED) is 0.842. The van der Waals surface area contributed by atoms with Gasteiger partial charge in [-0.1, -0.05) is 0 Å². The van der Waals surface area contributed by atoms with Crippen molar-refractivity contribution < 1.29 is 21.6 Å². The first-order valence-electron chi connectivity index (χ1n) is 8.19. The molecule has 1 amide bonds. The van der Waals surface area contributed by atoms with Crippen LogP contribution in [0, 0.1) is 0 Å². The number of sulfonamides is 1. The Kier molecular flexibility index (Phi) is 4.67. The Balaban J connectivity index is 1.85. The molecule has 2 aliphatic heterocycles. The van der Waals surface area contributed by atoms with Crippen LogP contribution in [0.4, 0.5) is 5.69 Å². The third-order valence-electron chi connectivity index (χ3n) is 4.98. The zero-order valence-corrected chi connectivity index (χ0v) is 15.8. The highest BCUT2D eigenvalue weighted by Gasteiger charge is 2.49. The number of benzene rings is 1. The van der Waals surface area contributed by atoms with E-state index in [2.05, 4.69) is 5.32 Å². The fourth-order valence-electron chi connectivity index (χ4n) is 3.86. The van der Waals surface area contributed by atoms with Gasteiger partial charge in [-0.3, -0.25) is 4.79 Å². The van der Waals surface area contributed by atoms with Gasteiger partial charge in [-0.05, 0) is 49.9 Å². The predicted octanol–water partition coefficient (Wildman–Crippen LogP) is 1.37. The van der Waals surface area contributed by atoms with E-state index in [9.17, 15) is 21.6 Å². The van der Waals surface area contributed by atoms with Crippen LogP contribution < -0.4 is 5.32 Å². The van der Waals surface area contributed by atoms with E-state index >= 15 is 0 Å². The summed E-state index contributed by atoms with van der Waals surface area (Å²) in [7, 11) is -6.85. The lowest BCUT2D eigenvalue weighted by molar-refractivity contribution is -0.114. The molecule has 2 atom stereocenters. The van der Waals surface area contributed by atoms with E-state index in [1.807, 2.05) is 0 Å². The van der Waals surface area contributed by atoms with E-state index in [0.29, 0.717) is 31.4 Å². The van der Waals surface area contributed by atoms with E-state index in [1.54, 1.807) is 12.1 Å². The number of nitrogens with zero attached hydrogens (tertiary/aromatic N) is 1. The van der Waals surface area contributed by atoms with Crippen molar-refractivity contribution in [3.63, 3.8) is 0 Å². The number of carbonyl (C=O) groups excluding carboxylic acids is 1. The number of sulfone groups is 1. The van der Waals surface area contributed by atoms with Gasteiger partial charge in [-0.25, -0.2) is 16.8 Å². The molecule has 2 fully saturated rings. The van der Waals surface area contributed by atoms with Crippen LogP contribution >= 0.6 is 0 Å². The summed E-state index contributed by atoms with van der Waals surface area (Å²) in [5, 5.41) is 2.14. The van der Waals surface area contributed by atoms with Gasteiger partial charge in [0.15, 0.2) is 0 Å². The summed E-state index contributed by atoms with van der Waals surface area (Å²) in [5.41, 5.74) is 0.533. The molecule has 0 aliphatic carbocycles. The number of amides is 1. The molecule has 0 radical (unpaired) electrons. The van der Waals surface area contributed by atoms with Crippen LogP contribution in [0.5, 0.6) is 0 Å². The van der Waals surface area contributed by atoms with Crippen LogP contribution in [0.2, 0.25) is 0 Å². The zero-order chi connectivity index (χ0) is 18.4. The Bertz CT molecular complexity index is 864. The highest BCUT2D eigenvalue weighted by molar-refractivity contribution is 7.91. The van der Waals surface area contributed by atoms with Crippen LogP contribution in [0.15, 0.2) is 29.2 Å². The van der Waals surface area contributed by atoms with Crippen molar-refractivity contribution in [1.29, 1.82) is 0 Å². The fraction of sp³-hybridized carbons (Fsp3) is 0.562. The predicted molar refractivity (Wildman–Crippen MR) is 94.4 cm³/mol. The highest BCUT2D eigenvalue weighted by atomic mass is 32.2. The number of piperidine rings is 1. The molecule has 2 saturated heterocycles. The fourth-order valence-corrected chi connectivity index (χ4v) is 6.90. The van der Waals surface area contributed by atoms with Crippen molar-refractivity contribution in [2.75, 3.05) is 11.6 Å². The molecule has 2 unspecified atom stereocenters. The molecule has 2 heterocycles. The first kappa shape index (κ1) is 18.3. The van der Waals surface area contributed by atoms with Crippen molar-refractivity contribution in [2.45, 2.75) is 54.8 Å². The van der Waals surface area contributed by atoms with Gasteiger partial charge in [0, 0.05) is 31.0 Å². The normalized spacial score (nSPS) is 27.2. The van der Waals surface area contributed by atoms with Gasteiger partial charge >= 0.3 is 0 Å². The summed E-state index contributed by atoms with van der Waals surface area (Å²) in [6.07, 6.45) is 3.33. The van der Waals surface area contributed by atoms with E-state index < -0.39 is 25.1 Å². The smallest absolute Gasteiger partial charge is 0.243 e. The first-order valence-corrected chi connectivity index (χ1v) is 11.6. The van der Waals surface area contributed by atoms with Gasteiger partial charge in [-0.2, -0.15) is 4.31 Å². The van der Waals surface area contributed by atoms with Crippen molar-refractivity contribution in [1.82, 2.24) is 4.31 Å². The number of carbonyl (C=O) groups is 1. The molecule has 138 valence electrons. The maximum absolute atomic E-state index is 13.0. The molecule has 3 rings (SSSR count). The zero-order valence-electron chi connectivity index (χ0n) is 14.2. The molecule has 1 aromatic carbocycles. The second kappa shape index (κ2) is 6.37. The molecule has 2 aliphatic rings. The number of hydrogen-bond acceptors (Lipinski definition) is 5. The average molecular weight is 386 g/mol. The van der Waals surface area contributed by atoms with E-state index in [4.69, 9.17) is 0 Å². The number of hydrogen-bond donors (Lipinski definition) is 1. The van der Waals surface area contributed by atoms with Crippen molar-refractivity contribution in [3.8, 4) is 0 Å². The van der Waals surface area contributed by atoms with Gasteiger partial charge in [0.25, 0.3) is 0 Å². The second-order valence-corrected chi connectivity index (χ2v) is 11.0. The van der Waals surface area contributed by atoms with E-state index in [0.717, 1.165) is 0 Å². The molecule has 1 aromatic rings. The van der Waals surface area contributed by atoms with Gasteiger partial charge in [0.1, 0.15) is 9.84 Å². The summed E-state index contributed by atoms with van der Waals surface area (Å²) >= 11 is 0. The molecule has 7 nitrogen and oxygen atoms in total. The number of rotatable bonds is 4.